The Morgan fingerprint density at radius 3 is 2.53 bits per heavy atom. The van der Waals surface area contributed by atoms with E-state index in [1.54, 1.807) is 0 Å². The molecule has 0 bridgehead atoms. The lowest BCUT2D eigenvalue weighted by molar-refractivity contribution is 0.144. The molecule has 3 nitrogen and oxygen atoms in total. The lowest BCUT2D eigenvalue weighted by atomic mass is 9.85. The normalized spacial score (nSPS) is 19.7. The number of nitrogens with one attached hydrogen (secondary N) is 1. The Kier molecular flexibility index (Phi) is 4.17. The quantitative estimate of drug-likeness (QED) is 0.766. The van der Waals surface area contributed by atoms with Gasteiger partial charge in [-0.15, -0.1) is 0 Å². The summed E-state index contributed by atoms with van der Waals surface area (Å²) >= 11 is 0. The van der Waals surface area contributed by atoms with Crippen LogP contribution in [0.5, 0.6) is 0 Å². The second kappa shape index (κ2) is 4.99. The summed E-state index contributed by atoms with van der Waals surface area (Å²) < 4.78 is 5.42. The molecule has 15 heavy (non-hydrogen) atoms. The summed E-state index contributed by atoms with van der Waals surface area (Å²) in [5.74, 6) is 0. The lowest BCUT2D eigenvalue weighted by Crippen LogP contribution is -2.55. The summed E-state index contributed by atoms with van der Waals surface area (Å²) in [6.07, 6.45) is 4.21. The van der Waals surface area contributed by atoms with Gasteiger partial charge in [-0.3, -0.25) is 0 Å². The lowest BCUT2D eigenvalue weighted by Gasteiger charge is -2.41. The fourth-order valence-corrected chi connectivity index (χ4v) is 2.05. The van der Waals surface area contributed by atoms with Crippen LogP contribution in [0.3, 0.4) is 0 Å². The number of likely N-dealkylation sites (N-methyl/N-ethyl adjacent to an activating group) is 2. The van der Waals surface area contributed by atoms with Gasteiger partial charge in [0.25, 0.3) is 0 Å². The van der Waals surface area contributed by atoms with Gasteiger partial charge in [-0.05, 0) is 53.4 Å². The predicted molar refractivity (Wildman–Crippen MR) is 63.9 cm³/mol. The molecular weight excluding hydrogens is 188 g/mol. The number of rotatable bonds is 4. The maximum atomic E-state index is 5.42. The van der Waals surface area contributed by atoms with Gasteiger partial charge in [0.1, 0.15) is 0 Å². The Morgan fingerprint density at radius 2 is 2.13 bits per heavy atom. The van der Waals surface area contributed by atoms with E-state index in [-0.39, 0.29) is 5.54 Å². The monoisotopic (exact) mass is 212 g/mol. The van der Waals surface area contributed by atoms with Crippen molar-refractivity contribution in [3.8, 4) is 0 Å². The molecule has 1 atom stereocenters. The highest BCUT2D eigenvalue weighted by Gasteiger charge is 2.33. The molecule has 0 aromatic heterocycles. The van der Waals surface area contributed by atoms with Crippen LogP contribution < -0.4 is 5.32 Å². The second-order valence-electron chi connectivity index (χ2n) is 4.94. The van der Waals surface area contributed by atoms with Crippen LogP contribution in [-0.4, -0.2) is 44.2 Å². The second-order valence-corrected chi connectivity index (χ2v) is 4.94. The minimum absolute atomic E-state index is 0.0985. The molecule has 0 aromatic rings. The van der Waals surface area contributed by atoms with E-state index in [9.17, 15) is 0 Å². The van der Waals surface area contributed by atoms with Crippen molar-refractivity contribution in [1.82, 2.24) is 10.2 Å². The minimum Gasteiger partial charge on any atom is -0.501 e. The van der Waals surface area contributed by atoms with Gasteiger partial charge >= 0.3 is 0 Å². The molecule has 0 saturated carbocycles. The van der Waals surface area contributed by atoms with Crippen LogP contribution in [0, 0.1) is 0 Å². The van der Waals surface area contributed by atoms with Crippen molar-refractivity contribution in [2.75, 3.05) is 27.7 Å². The molecular formula is C12H24N2O. The molecule has 0 fully saturated rings. The van der Waals surface area contributed by atoms with Gasteiger partial charge in [-0.25, -0.2) is 0 Å². The summed E-state index contributed by atoms with van der Waals surface area (Å²) in [5, 5.41) is 3.40. The average molecular weight is 212 g/mol. The van der Waals surface area contributed by atoms with E-state index in [0.29, 0.717) is 6.04 Å². The molecule has 1 unspecified atom stereocenters. The van der Waals surface area contributed by atoms with E-state index in [4.69, 9.17) is 4.74 Å². The van der Waals surface area contributed by atoms with Crippen molar-refractivity contribution in [2.24, 2.45) is 0 Å². The zero-order chi connectivity index (χ0) is 11.5. The van der Waals surface area contributed by atoms with Crippen LogP contribution in [0.4, 0.5) is 0 Å². The van der Waals surface area contributed by atoms with Crippen LogP contribution in [0.15, 0.2) is 11.8 Å². The summed E-state index contributed by atoms with van der Waals surface area (Å²) in [5.41, 5.74) is 1.48. The van der Waals surface area contributed by atoms with Gasteiger partial charge in [0.2, 0.25) is 0 Å². The Morgan fingerprint density at radius 1 is 1.47 bits per heavy atom. The Hall–Kier alpha value is -0.540. The molecule has 0 aromatic carbocycles. The third-order valence-electron chi connectivity index (χ3n) is 3.48. The number of hydrogen-bond donors (Lipinski definition) is 1. The number of ether oxygens (including phenoxy) is 1. The molecule has 1 rings (SSSR count). The highest BCUT2D eigenvalue weighted by atomic mass is 16.5. The SMILES string of the molecule is CNC(C1=COCCC1)C(C)(C)N(C)C. The van der Waals surface area contributed by atoms with Crippen molar-refractivity contribution in [2.45, 2.75) is 38.3 Å². The first-order chi connectivity index (χ1) is 7.00. The van der Waals surface area contributed by atoms with Crippen molar-refractivity contribution in [1.29, 1.82) is 0 Å². The molecule has 0 amide bonds. The van der Waals surface area contributed by atoms with Crippen LogP contribution in [0.25, 0.3) is 0 Å². The zero-order valence-electron chi connectivity index (χ0n) is 10.6. The van der Waals surface area contributed by atoms with Crippen molar-refractivity contribution < 1.29 is 4.74 Å². The fourth-order valence-electron chi connectivity index (χ4n) is 2.05. The van der Waals surface area contributed by atoms with Gasteiger partial charge in [-0.1, -0.05) is 0 Å². The van der Waals surface area contributed by atoms with Gasteiger partial charge in [-0.2, -0.15) is 0 Å². The first-order valence-electron chi connectivity index (χ1n) is 5.65. The molecule has 1 N–H and O–H groups in total. The zero-order valence-corrected chi connectivity index (χ0v) is 10.6. The Bertz CT molecular complexity index is 234. The highest BCUT2D eigenvalue weighted by Crippen LogP contribution is 2.26. The number of hydrogen-bond acceptors (Lipinski definition) is 3. The maximum Gasteiger partial charge on any atom is 0.0876 e. The molecule has 0 saturated heterocycles. The molecule has 0 spiro atoms. The van der Waals surface area contributed by atoms with Gasteiger partial charge in [0.15, 0.2) is 0 Å². The summed E-state index contributed by atoms with van der Waals surface area (Å²) in [6, 6.07) is 0.354. The van der Waals surface area contributed by atoms with Crippen molar-refractivity contribution >= 4 is 0 Å². The van der Waals surface area contributed by atoms with E-state index in [1.807, 2.05) is 13.3 Å². The smallest absolute Gasteiger partial charge is 0.0876 e. The molecule has 0 aliphatic carbocycles. The van der Waals surface area contributed by atoms with E-state index >= 15 is 0 Å². The van der Waals surface area contributed by atoms with Gasteiger partial charge < -0.3 is 15.0 Å². The van der Waals surface area contributed by atoms with Crippen LogP contribution in [0.2, 0.25) is 0 Å². The first kappa shape index (κ1) is 12.5. The van der Waals surface area contributed by atoms with Crippen molar-refractivity contribution in [3.63, 3.8) is 0 Å². The number of nitrogens with zero attached hydrogens (tertiary/aromatic N) is 1. The predicted octanol–water partition coefficient (Wildman–Crippen LogP) is 1.61. The molecule has 1 aliphatic heterocycles. The molecule has 0 radical (unpaired) electrons. The van der Waals surface area contributed by atoms with E-state index < -0.39 is 0 Å². The third kappa shape index (κ3) is 2.73. The Labute approximate surface area is 93.5 Å². The van der Waals surface area contributed by atoms with Gasteiger partial charge in [0.05, 0.1) is 12.9 Å². The van der Waals surface area contributed by atoms with E-state index in [1.165, 1.54) is 5.57 Å². The molecule has 88 valence electrons. The average Bonchev–Trinajstić information content (AvgIpc) is 2.19. The molecule has 1 aliphatic rings. The summed E-state index contributed by atoms with van der Waals surface area (Å²) in [4.78, 5) is 2.25. The minimum atomic E-state index is 0.0985. The first-order valence-corrected chi connectivity index (χ1v) is 5.65. The van der Waals surface area contributed by atoms with E-state index in [0.717, 1.165) is 19.4 Å². The topological polar surface area (TPSA) is 24.5 Å². The molecule has 1 heterocycles. The van der Waals surface area contributed by atoms with Crippen LogP contribution in [0.1, 0.15) is 26.7 Å². The standard InChI is InChI=1S/C12H24N2O/c1-12(2,14(4)5)11(13-3)10-7-6-8-15-9-10/h9,11,13H,6-8H2,1-5H3. The largest absolute Gasteiger partial charge is 0.501 e. The summed E-state index contributed by atoms with van der Waals surface area (Å²) in [7, 11) is 6.26. The molecule has 3 heteroatoms. The van der Waals surface area contributed by atoms with Crippen LogP contribution in [-0.2, 0) is 4.74 Å². The Balaban J connectivity index is 2.82. The fraction of sp³-hybridized carbons (Fsp3) is 0.833. The van der Waals surface area contributed by atoms with Gasteiger partial charge in [0, 0.05) is 11.6 Å². The maximum absolute atomic E-state index is 5.42. The van der Waals surface area contributed by atoms with Crippen LogP contribution >= 0.6 is 0 Å². The summed E-state index contributed by atoms with van der Waals surface area (Å²) in [6.45, 7) is 5.37. The van der Waals surface area contributed by atoms with Crippen molar-refractivity contribution in [3.05, 3.63) is 11.8 Å². The van der Waals surface area contributed by atoms with E-state index in [2.05, 4.69) is 38.2 Å². The third-order valence-corrected chi connectivity index (χ3v) is 3.48. The highest BCUT2D eigenvalue weighted by molar-refractivity contribution is 5.16.